The van der Waals surface area contributed by atoms with E-state index in [0.29, 0.717) is 43.7 Å². The summed E-state index contributed by atoms with van der Waals surface area (Å²) in [6, 6.07) is 3.65. The third-order valence-electron chi connectivity index (χ3n) is 8.43. The van der Waals surface area contributed by atoms with Crippen molar-refractivity contribution in [1.82, 2.24) is 4.90 Å². The first-order valence-corrected chi connectivity index (χ1v) is 11.9. The zero-order valence-electron chi connectivity index (χ0n) is 19.2. The summed E-state index contributed by atoms with van der Waals surface area (Å²) in [5.74, 6) is 0.772. The maximum absolute atomic E-state index is 13.3. The standard InChI is InChI=1S/C25H29NO7/c1-13(27)31-18-8-9-25(33-14(2)28)19-12-16-6-7-17(30-3)21-20(16)24(25,22(18)32-21)10-11-26(19)23(29)15-4-5-15/h6-7,15,18-19,22H,4-5,8-12H2,1-3H3/t18?,19-,22+,24+,25-/m1/s1. The fourth-order valence-corrected chi connectivity index (χ4v) is 7.25. The van der Waals surface area contributed by atoms with Crippen molar-refractivity contribution in [3.63, 3.8) is 0 Å². The molecule has 0 N–H and O–H groups in total. The van der Waals surface area contributed by atoms with Gasteiger partial charge < -0.3 is 23.8 Å². The summed E-state index contributed by atoms with van der Waals surface area (Å²) in [7, 11) is 1.60. The number of likely N-dealkylation sites (tertiary alicyclic amines) is 1. The van der Waals surface area contributed by atoms with E-state index in [1.807, 2.05) is 17.0 Å². The first kappa shape index (κ1) is 20.8. The Balaban J connectivity index is 1.58. The molecule has 1 spiro atoms. The summed E-state index contributed by atoms with van der Waals surface area (Å²) in [6.07, 6.45) is 3.02. The molecule has 2 heterocycles. The predicted octanol–water partition coefficient (Wildman–Crippen LogP) is 2.29. The van der Waals surface area contributed by atoms with Crippen molar-refractivity contribution in [2.45, 2.75) is 81.6 Å². The molecule has 1 saturated heterocycles. The molecular weight excluding hydrogens is 426 g/mol. The van der Waals surface area contributed by atoms with Gasteiger partial charge in [0.2, 0.25) is 5.91 Å². The van der Waals surface area contributed by atoms with Crippen LogP contribution in [-0.2, 0) is 35.7 Å². The minimum Gasteiger partial charge on any atom is -0.493 e. The molecule has 8 heteroatoms. The lowest BCUT2D eigenvalue weighted by Crippen LogP contribution is -2.78. The largest absolute Gasteiger partial charge is 0.493 e. The fraction of sp³-hybridized carbons (Fsp3) is 0.640. The molecule has 6 rings (SSSR count). The normalized spacial score (nSPS) is 35.2. The molecule has 2 aliphatic heterocycles. The maximum Gasteiger partial charge on any atom is 0.303 e. The molecule has 8 nitrogen and oxygen atoms in total. The average Bonchev–Trinajstić information content (AvgIpc) is 3.54. The monoisotopic (exact) mass is 455 g/mol. The van der Waals surface area contributed by atoms with Gasteiger partial charge in [-0.3, -0.25) is 14.4 Å². The molecule has 1 aromatic carbocycles. The third kappa shape index (κ3) is 2.60. The van der Waals surface area contributed by atoms with Crippen LogP contribution in [0, 0.1) is 5.92 Å². The van der Waals surface area contributed by atoms with Gasteiger partial charge in [0.1, 0.15) is 17.8 Å². The molecule has 1 unspecified atom stereocenters. The zero-order valence-corrected chi connectivity index (χ0v) is 19.2. The van der Waals surface area contributed by atoms with Crippen LogP contribution < -0.4 is 9.47 Å². The SMILES string of the molecule is COc1ccc2c3c1O[C@H]1C(OC(C)=O)CC[C@@]4(OC(C)=O)[C@@H](C2)N(C(=O)C2CC2)CC[C@]314. The lowest BCUT2D eigenvalue weighted by Gasteiger charge is -2.64. The number of methoxy groups -OCH3 is 1. The van der Waals surface area contributed by atoms with E-state index in [9.17, 15) is 14.4 Å². The quantitative estimate of drug-likeness (QED) is 0.644. The van der Waals surface area contributed by atoms with Crippen LogP contribution in [0.15, 0.2) is 12.1 Å². The highest BCUT2D eigenvalue weighted by molar-refractivity contribution is 5.82. The molecule has 2 bridgehead atoms. The van der Waals surface area contributed by atoms with E-state index in [2.05, 4.69) is 0 Å². The van der Waals surface area contributed by atoms with Crippen molar-refractivity contribution >= 4 is 17.8 Å². The van der Waals surface area contributed by atoms with E-state index in [-0.39, 0.29) is 29.8 Å². The van der Waals surface area contributed by atoms with E-state index in [4.69, 9.17) is 18.9 Å². The van der Waals surface area contributed by atoms with Gasteiger partial charge in [0.05, 0.1) is 18.6 Å². The Morgan fingerprint density at radius 2 is 1.88 bits per heavy atom. The number of hydrogen-bond acceptors (Lipinski definition) is 7. The van der Waals surface area contributed by atoms with Gasteiger partial charge in [-0.2, -0.15) is 0 Å². The molecule has 1 amide bonds. The van der Waals surface area contributed by atoms with Gasteiger partial charge in [-0.15, -0.1) is 0 Å². The second kappa shape index (κ2) is 6.87. The number of nitrogens with zero attached hydrogens (tertiary/aromatic N) is 1. The molecule has 0 radical (unpaired) electrons. The first-order chi connectivity index (χ1) is 15.8. The average molecular weight is 456 g/mol. The van der Waals surface area contributed by atoms with Crippen molar-refractivity contribution in [3.05, 3.63) is 23.3 Å². The molecule has 2 saturated carbocycles. The number of rotatable bonds is 4. The number of benzene rings is 1. The molecular formula is C25H29NO7. The van der Waals surface area contributed by atoms with Gasteiger partial charge in [-0.05, 0) is 50.2 Å². The van der Waals surface area contributed by atoms with Crippen LogP contribution in [0.2, 0.25) is 0 Å². The van der Waals surface area contributed by atoms with Crippen molar-refractivity contribution in [2.75, 3.05) is 13.7 Å². The van der Waals surface area contributed by atoms with E-state index in [0.717, 1.165) is 24.0 Å². The summed E-state index contributed by atoms with van der Waals surface area (Å²) < 4.78 is 24.3. The Morgan fingerprint density at radius 1 is 1.09 bits per heavy atom. The molecule has 5 atom stereocenters. The van der Waals surface area contributed by atoms with E-state index < -0.39 is 23.2 Å². The summed E-state index contributed by atoms with van der Waals surface area (Å²) in [6.45, 7) is 3.39. The molecule has 33 heavy (non-hydrogen) atoms. The van der Waals surface area contributed by atoms with E-state index >= 15 is 0 Å². The Bertz CT molecular complexity index is 1070. The first-order valence-electron chi connectivity index (χ1n) is 11.9. The Morgan fingerprint density at radius 3 is 2.55 bits per heavy atom. The smallest absolute Gasteiger partial charge is 0.303 e. The molecule has 3 fully saturated rings. The van der Waals surface area contributed by atoms with Gasteiger partial charge in [0.15, 0.2) is 11.5 Å². The number of esters is 2. The summed E-state index contributed by atoms with van der Waals surface area (Å²) in [4.78, 5) is 39.8. The predicted molar refractivity (Wildman–Crippen MR) is 115 cm³/mol. The summed E-state index contributed by atoms with van der Waals surface area (Å²) in [5.41, 5.74) is 0.435. The van der Waals surface area contributed by atoms with E-state index in [1.54, 1.807) is 7.11 Å². The Labute approximate surface area is 192 Å². The molecule has 1 aromatic rings. The minimum atomic E-state index is -0.937. The number of carbonyl (C=O) groups excluding carboxylic acids is 3. The van der Waals surface area contributed by atoms with Gasteiger partial charge >= 0.3 is 11.9 Å². The van der Waals surface area contributed by atoms with Crippen LogP contribution in [0.25, 0.3) is 0 Å². The fourth-order valence-electron chi connectivity index (χ4n) is 7.25. The molecule has 176 valence electrons. The second-order valence-electron chi connectivity index (χ2n) is 10.1. The van der Waals surface area contributed by atoms with Crippen LogP contribution in [0.4, 0.5) is 0 Å². The molecule has 3 aliphatic carbocycles. The van der Waals surface area contributed by atoms with E-state index in [1.165, 1.54) is 13.8 Å². The molecule has 0 aromatic heterocycles. The van der Waals surface area contributed by atoms with Gasteiger partial charge in [-0.25, -0.2) is 0 Å². The van der Waals surface area contributed by atoms with Crippen molar-refractivity contribution < 1.29 is 33.3 Å². The van der Waals surface area contributed by atoms with Crippen LogP contribution in [0.5, 0.6) is 11.5 Å². The van der Waals surface area contributed by atoms with Crippen LogP contribution in [0.1, 0.15) is 57.1 Å². The van der Waals surface area contributed by atoms with Crippen molar-refractivity contribution in [3.8, 4) is 11.5 Å². The summed E-state index contributed by atoms with van der Waals surface area (Å²) >= 11 is 0. The van der Waals surface area contributed by atoms with Gasteiger partial charge in [0.25, 0.3) is 0 Å². The van der Waals surface area contributed by atoms with Crippen LogP contribution in [-0.4, -0.2) is 60.3 Å². The Hall–Kier alpha value is -2.77. The summed E-state index contributed by atoms with van der Waals surface area (Å²) in [5, 5.41) is 0. The number of ether oxygens (including phenoxy) is 4. The lowest BCUT2D eigenvalue weighted by molar-refractivity contribution is -0.232. The number of piperidine rings is 1. The van der Waals surface area contributed by atoms with Crippen LogP contribution in [0.3, 0.4) is 0 Å². The lowest BCUT2D eigenvalue weighted by atomic mass is 9.48. The topological polar surface area (TPSA) is 91.4 Å². The van der Waals surface area contributed by atoms with Gasteiger partial charge in [-0.1, -0.05) is 6.07 Å². The highest BCUT2D eigenvalue weighted by Crippen LogP contribution is 2.67. The maximum atomic E-state index is 13.3. The molecule has 5 aliphatic rings. The zero-order chi connectivity index (χ0) is 23.1. The highest BCUT2D eigenvalue weighted by Gasteiger charge is 2.76. The van der Waals surface area contributed by atoms with Crippen molar-refractivity contribution in [1.29, 1.82) is 0 Å². The van der Waals surface area contributed by atoms with Crippen molar-refractivity contribution in [2.24, 2.45) is 5.92 Å². The van der Waals surface area contributed by atoms with Crippen LogP contribution >= 0.6 is 0 Å². The number of carbonyl (C=O) groups is 3. The highest BCUT2D eigenvalue weighted by atomic mass is 16.6. The third-order valence-corrected chi connectivity index (χ3v) is 8.43. The minimum absolute atomic E-state index is 0.0780. The van der Waals surface area contributed by atoms with Gasteiger partial charge in [0, 0.05) is 31.9 Å². The Kier molecular flexibility index (Phi) is 4.33. The number of hydrogen-bond donors (Lipinski definition) is 0. The second-order valence-corrected chi connectivity index (χ2v) is 10.1. The number of amides is 1.